The third kappa shape index (κ3) is 5.69. The number of carboxylic acid groups (broad SMARTS) is 1. The maximum atomic E-state index is 12.2. The summed E-state index contributed by atoms with van der Waals surface area (Å²) in [5.41, 5.74) is 0.457. The number of likely N-dealkylation sites (N-methyl/N-ethyl adjacent to an activating group) is 1. The van der Waals surface area contributed by atoms with E-state index in [1.165, 1.54) is 12.1 Å². The summed E-state index contributed by atoms with van der Waals surface area (Å²) in [5, 5.41) is 15.3. The number of alkyl halides is 3. The van der Waals surface area contributed by atoms with Gasteiger partial charge in [0.1, 0.15) is 5.75 Å². The first-order chi connectivity index (χ1) is 14.1. The van der Waals surface area contributed by atoms with Gasteiger partial charge in [-0.1, -0.05) is 5.16 Å². The van der Waals surface area contributed by atoms with Gasteiger partial charge in [0.15, 0.2) is 0 Å². The number of hydrogen-bond donors (Lipinski definition) is 2. The maximum absolute atomic E-state index is 12.2. The lowest BCUT2D eigenvalue weighted by atomic mass is 10.1. The van der Waals surface area contributed by atoms with Crippen molar-refractivity contribution in [3.05, 3.63) is 30.2 Å². The summed E-state index contributed by atoms with van der Waals surface area (Å²) in [6.45, 7) is 0.519. The van der Waals surface area contributed by atoms with Gasteiger partial charge in [0, 0.05) is 24.6 Å². The van der Waals surface area contributed by atoms with Crippen molar-refractivity contribution in [2.75, 3.05) is 13.6 Å². The van der Waals surface area contributed by atoms with Crippen LogP contribution in [0.2, 0.25) is 0 Å². The topological polar surface area (TPSA) is 118 Å². The Hall–Kier alpha value is -3.15. The van der Waals surface area contributed by atoms with Gasteiger partial charge >= 0.3 is 12.3 Å². The van der Waals surface area contributed by atoms with Crippen molar-refractivity contribution in [3.8, 4) is 17.1 Å². The quantitative estimate of drug-likeness (QED) is 0.690. The number of hydrogen-bond acceptors (Lipinski definition) is 7. The van der Waals surface area contributed by atoms with Crippen molar-refractivity contribution in [2.45, 2.75) is 37.7 Å². The molecule has 1 saturated heterocycles. The van der Waals surface area contributed by atoms with Crippen molar-refractivity contribution < 1.29 is 37.1 Å². The first kappa shape index (κ1) is 21.6. The van der Waals surface area contributed by atoms with Gasteiger partial charge < -0.3 is 19.7 Å². The molecular weight excluding hydrogens is 409 g/mol. The Morgan fingerprint density at radius 3 is 2.63 bits per heavy atom. The Balaban J connectivity index is 1.61. The molecule has 1 aliphatic rings. The Morgan fingerprint density at radius 1 is 1.30 bits per heavy atom. The van der Waals surface area contributed by atoms with E-state index in [9.17, 15) is 22.8 Å². The summed E-state index contributed by atoms with van der Waals surface area (Å²) in [7, 11) is 1.82. The molecule has 30 heavy (non-hydrogen) atoms. The number of rotatable bonds is 7. The maximum Gasteiger partial charge on any atom is 0.573 e. The number of ether oxygens (including phenoxy) is 1. The van der Waals surface area contributed by atoms with Gasteiger partial charge in [-0.3, -0.25) is 14.5 Å². The molecule has 1 aromatic heterocycles. The molecule has 1 amide bonds. The molecular formula is C18H19F3N4O5. The lowest BCUT2D eigenvalue weighted by Gasteiger charge is -2.14. The number of likely N-dealkylation sites (tertiary alicyclic amines) is 1. The van der Waals surface area contributed by atoms with Crippen molar-refractivity contribution in [2.24, 2.45) is 0 Å². The largest absolute Gasteiger partial charge is 0.573 e. The van der Waals surface area contributed by atoms with Crippen LogP contribution in [0.3, 0.4) is 0 Å². The second-order valence-corrected chi connectivity index (χ2v) is 6.88. The average Bonchev–Trinajstić information content (AvgIpc) is 3.26. The lowest BCUT2D eigenvalue weighted by Crippen LogP contribution is -2.36. The number of halogens is 3. The van der Waals surface area contributed by atoms with E-state index in [0.29, 0.717) is 24.4 Å². The third-order valence-electron chi connectivity index (χ3n) is 4.55. The van der Waals surface area contributed by atoms with Crippen LogP contribution in [0, 0.1) is 0 Å². The fourth-order valence-electron chi connectivity index (χ4n) is 3.21. The minimum atomic E-state index is -4.77. The van der Waals surface area contributed by atoms with Gasteiger partial charge in [0.25, 0.3) is 0 Å². The van der Waals surface area contributed by atoms with Crippen LogP contribution in [-0.2, 0) is 9.59 Å². The molecule has 0 aliphatic carbocycles. The zero-order valence-corrected chi connectivity index (χ0v) is 15.8. The van der Waals surface area contributed by atoms with E-state index in [4.69, 9.17) is 9.63 Å². The molecule has 0 saturated carbocycles. The summed E-state index contributed by atoms with van der Waals surface area (Å²) in [5.74, 6) is -1.21. The number of amides is 1. The smallest absolute Gasteiger partial charge is 0.481 e. The summed E-state index contributed by atoms with van der Waals surface area (Å²) in [6, 6.07) is 4.63. The van der Waals surface area contributed by atoms with Crippen LogP contribution in [0.5, 0.6) is 5.75 Å². The number of carbonyl (C=O) groups excluding carboxylic acids is 1. The zero-order chi connectivity index (χ0) is 21.9. The molecule has 2 N–H and O–H groups in total. The Kier molecular flexibility index (Phi) is 6.25. The summed E-state index contributed by atoms with van der Waals surface area (Å²) < 4.78 is 45.9. The predicted octanol–water partition coefficient (Wildman–Crippen LogP) is 2.36. The van der Waals surface area contributed by atoms with Crippen LogP contribution in [-0.4, -0.2) is 58.0 Å². The highest BCUT2D eigenvalue weighted by atomic mass is 19.4. The molecule has 2 heterocycles. The monoisotopic (exact) mass is 428 g/mol. The van der Waals surface area contributed by atoms with E-state index < -0.39 is 12.3 Å². The molecule has 0 radical (unpaired) electrons. The van der Waals surface area contributed by atoms with Crippen LogP contribution in [0.4, 0.5) is 13.2 Å². The molecule has 3 rings (SSSR count). The van der Waals surface area contributed by atoms with Crippen LogP contribution < -0.4 is 10.1 Å². The third-order valence-corrected chi connectivity index (χ3v) is 4.55. The summed E-state index contributed by atoms with van der Waals surface area (Å²) in [6.07, 6.45) is -4.61. The number of aromatic nitrogens is 2. The Bertz CT molecular complexity index is 900. The number of nitrogens with zero attached hydrogens (tertiary/aromatic N) is 3. The van der Waals surface area contributed by atoms with Crippen molar-refractivity contribution in [1.29, 1.82) is 0 Å². The van der Waals surface area contributed by atoms with E-state index in [1.807, 2.05) is 11.9 Å². The lowest BCUT2D eigenvalue weighted by molar-refractivity contribution is -0.274. The predicted molar refractivity (Wildman–Crippen MR) is 95.2 cm³/mol. The molecule has 12 heteroatoms. The molecule has 0 spiro atoms. The molecule has 2 unspecified atom stereocenters. The van der Waals surface area contributed by atoms with Gasteiger partial charge in [-0.05, 0) is 37.7 Å². The van der Waals surface area contributed by atoms with Gasteiger partial charge in [-0.2, -0.15) is 4.98 Å². The molecule has 0 bridgehead atoms. The first-order valence-corrected chi connectivity index (χ1v) is 9.02. The highest BCUT2D eigenvalue weighted by Gasteiger charge is 2.35. The fraction of sp³-hybridized carbons (Fsp3) is 0.444. The Labute approximate surface area is 168 Å². The van der Waals surface area contributed by atoms with Gasteiger partial charge in [0.05, 0.1) is 12.5 Å². The minimum absolute atomic E-state index is 0.0982. The fourth-order valence-corrected chi connectivity index (χ4v) is 3.21. The van der Waals surface area contributed by atoms with Crippen LogP contribution in [0.15, 0.2) is 28.8 Å². The van der Waals surface area contributed by atoms with Gasteiger partial charge in [-0.25, -0.2) is 0 Å². The molecule has 1 fully saturated rings. The van der Waals surface area contributed by atoms with Gasteiger partial charge in [-0.15, -0.1) is 13.2 Å². The Morgan fingerprint density at radius 2 is 2.00 bits per heavy atom. The van der Waals surface area contributed by atoms with E-state index in [1.54, 1.807) is 0 Å². The van der Waals surface area contributed by atoms with E-state index in [-0.39, 0.29) is 42.4 Å². The molecule has 2 aromatic rings. The van der Waals surface area contributed by atoms with Crippen LogP contribution in [0.1, 0.15) is 31.2 Å². The number of carbonyl (C=O) groups is 2. The van der Waals surface area contributed by atoms with E-state index in [2.05, 4.69) is 20.2 Å². The second kappa shape index (κ2) is 8.69. The molecule has 162 valence electrons. The summed E-state index contributed by atoms with van der Waals surface area (Å²) >= 11 is 0. The number of nitrogens with one attached hydrogen (secondary N) is 1. The minimum Gasteiger partial charge on any atom is -0.481 e. The highest BCUT2D eigenvalue weighted by Crippen LogP contribution is 2.31. The standard InChI is InChI=1S/C18H19F3N4O5/c1-25-9-11(22-14(26)6-7-15(27)28)8-13(25)17-23-16(24-30-17)10-2-4-12(5-3-10)29-18(19,20)21/h2-5,11,13H,6-9H2,1H3,(H,22,26)(H,27,28). The summed E-state index contributed by atoms with van der Waals surface area (Å²) in [4.78, 5) is 28.6. The molecule has 2 atom stereocenters. The SMILES string of the molecule is CN1CC(NC(=O)CCC(=O)O)CC1c1nc(-c2ccc(OC(F)(F)F)cc2)no1. The van der Waals surface area contributed by atoms with Gasteiger partial charge in [0.2, 0.25) is 17.6 Å². The van der Waals surface area contributed by atoms with Crippen LogP contribution >= 0.6 is 0 Å². The van der Waals surface area contributed by atoms with E-state index in [0.717, 1.165) is 12.1 Å². The second-order valence-electron chi connectivity index (χ2n) is 6.88. The van der Waals surface area contributed by atoms with Crippen molar-refractivity contribution in [1.82, 2.24) is 20.4 Å². The first-order valence-electron chi connectivity index (χ1n) is 9.02. The van der Waals surface area contributed by atoms with Crippen molar-refractivity contribution in [3.63, 3.8) is 0 Å². The number of carboxylic acids is 1. The van der Waals surface area contributed by atoms with Crippen molar-refractivity contribution >= 4 is 11.9 Å². The molecule has 1 aliphatic heterocycles. The highest BCUT2D eigenvalue weighted by molar-refractivity contribution is 5.80. The molecule has 9 nitrogen and oxygen atoms in total. The number of benzene rings is 1. The zero-order valence-electron chi connectivity index (χ0n) is 15.8. The number of aliphatic carboxylic acids is 1. The van der Waals surface area contributed by atoms with E-state index >= 15 is 0 Å². The molecule has 1 aromatic carbocycles. The van der Waals surface area contributed by atoms with Crippen LogP contribution in [0.25, 0.3) is 11.4 Å². The average molecular weight is 428 g/mol. The normalized spacial score (nSPS) is 19.6.